The fourth-order valence-electron chi connectivity index (χ4n) is 6.17. The Balaban J connectivity index is 1.51. The number of carbonyl (C=O) groups is 2. The Kier molecular flexibility index (Phi) is 7.12. The zero-order valence-corrected chi connectivity index (χ0v) is 22.2. The number of amides is 1. The molecule has 3 aliphatic carbocycles. The molecule has 0 unspecified atom stereocenters. The zero-order chi connectivity index (χ0) is 27.2. The van der Waals surface area contributed by atoms with Gasteiger partial charge in [0.1, 0.15) is 0 Å². The number of carbonyl (C=O) groups excluding carboxylic acids is 1. The quantitative estimate of drug-likeness (QED) is 0.386. The molecule has 3 fully saturated rings. The van der Waals surface area contributed by atoms with E-state index in [1.54, 1.807) is 6.07 Å². The first-order valence-corrected chi connectivity index (χ1v) is 13.9. The predicted octanol–water partition coefficient (Wildman–Crippen LogP) is 7.00. The largest absolute Gasteiger partial charge is 0.481 e. The van der Waals surface area contributed by atoms with Crippen LogP contribution in [0.25, 0.3) is 11.3 Å². The highest BCUT2D eigenvalue weighted by atomic mass is 19.4. The van der Waals surface area contributed by atoms with Crippen molar-refractivity contribution in [1.29, 1.82) is 0 Å². The minimum Gasteiger partial charge on any atom is -0.481 e. The zero-order valence-electron chi connectivity index (χ0n) is 22.2. The molecule has 0 aliphatic heterocycles. The van der Waals surface area contributed by atoms with E-state index in [1.807, 2.05) is 17.6 Å². The third-order valence-corrected chi connectivity index (χ3v) is 8.95. The fraction of sp³-hybridized carbons (Fsp3) is 0.600. The summed E-state index contributed by atoms with van der Waals surface area (Å²) in [5.74, 6) is -1.17. The summed E-state index contributed by atoms with van der Waals surface area (Å²) in [6, 6.07) is 5.90. The standard InChI is InChI=1S/C30H37F3N2O3/c1-18-25(27(36)34-24-13-22(14-24)28(37)38)15-26(35(18)17-19-6-4-3-5-7-19)21-10-20(16-29(2)8-9-29)11-23(12-21)30(31,32)33/h10-12,15,19,22,24H,3-9,13-14,16-17H2,1-2H3,(H,34,36)(H,37,38). The topological polar surface area (TPSA) is 71.3 Å². The van der Waals surface area contributed by atoms with Crippen molar-refractivity contribution in [3.05, 3.63) is 46.6 Å². The van der Waals surface area contributed by atoms with Crippen LogP contribution in [0.1, 0.15) is 91.9 Å². The molecule has 5 nitrogen and oxygen atoms in total. The summed E-state index contributed by atoms with van der Waals surface area (Å²) in [4.78, 5) is 24.4. The normalized spacial score (nSPS) is 23.1. The number of hydrogen-bond donors (Lipinski definition) is 2. The van der Waals surface area contributed by atoms with Crippen LogP contribution in [0.3, 0.4) is 0 Å². The summed E-state index contributed by atoms with van der Waals surface area (Å²) in [6.07, 6.45) is 4.61. The third kappa shape index (κ3) is 5.79. The number of halogens is 3. The molecule has 0 radical (unpaired) electrons. The molecule has 1 amide bonds. The first kappa shape index (κ1) is 26.8. The minimum absolute atomic E-state index is 0.0587. The average molecular weight is 531 g/mol. The maximum absolute atomic E-state index is 14.0. The summed E-state index contributed by atoms with van der Waals surface area (Å²) >= 11 is 0. The maximum atomic E-state index is 14.0. The second-order valence-corrected chi connectivity index (χ2v) is 12.2. The van der Waals surface area contributed by atoms with Crippen LogP contribution in [-0.2, 0) is 23.9 Å². The van der Waals surface area contributed by atoms with Crippen molar-refractivity contribution in [2.24, 2.45) is 17.3 Å². The number of aliphatic carboxylic acids is 1. The van der Waals surface area contributed by atoms with Crippen molar-refractivity contribution >= 4 is 11.9 Å². The van der Waals surface area contributed by atoms with Gasteiger partial charge in [-0.1, -0.05) is 26.2 Å². The highest BCUT2D eigenvalue weighted by Crippen LogP contribution is 2.48. The molecule has 0 saturated heterocycles. The van der Waals surface area contributed by atoms with E-state index in [0.717, 1.165) is 44.2 Å². The highest BCUT2D eigenvalue weighted by Gasteiger charge is 2.39. The van der Waals surface area contributed by atoms with Crippen molar-refractivity contribution in [2.45, 2.75) is 96.8 Å². The molecular formula is C30H37F3N2O3. The summed E-state index contributed by atoms with van der Waals surface area (Å²) < 4.78 is 43.9. The van der Waals surface area contributed by atoms with E-state index in [4.69, 9.17) is 5.11 Å². The highest BCUT2D eigenvalue weighted by molar-refractivity contribution is 5.97. The van der Waals surface area contributed by atoms with E-state index >= 15 is 0 Å². The lowest BCUT2D eigenvalue weighted by molar-refractivity contribution is -0.145. The number of nitrogens with one attached hydrogen (secondary N) is 1. The van der Waals surface area contributed by atoms with Crippen molar-refractivity contribution in [1.82, 2.24) is 9.88 Å². The number of hydrogen-bond acceptors (Lipinski definition) is 2. The van der Waals surface area contributed by atoms with E-state index < -0.39 is 23.6 Å². The molecule has 5 rings (SSSR count). The summed E-state index contributed by atoms with van der Waals surface area (Å²) in [5, 5.41) is 12.1. The monoisotopic (exact) mass is 530 g/mol. The number of aromatic nitrogens is 1. The van der Waals surface area contributed by atoms with Gasteiger partial charge in [0.2, 0.25) is 0 Å². The molecule has 2 N–H and O–H groups in total. The van der Waals surface area contributed by atoms with Gasteiger partial charge in [-0.05, 0) is 98.6 Å². The number of alkyl halides is 3. The molecule has 38 heavy (non-hydrogen) atoms. The number of carboxylic acids is 1. The fourth-order valence-corrected chi connectivity index (χ4v) is 6.17. The Morgan fingerprint density at radius 2 is 1.76 bits per heavy atom. The second kappa shape index (κ2) is 10.1. The lowest BCUT2D eigenvalue weighted by Crippen LogP contribution is -2.46. The Bertz CT molecular complexity index is 1220. The smallest absolute Gasteiger partial charge is 0.416 e. The number of rotatable bonds is 8. The Morgan fingerprint density at radius 1 is 1.08 bits per heavy atom. The predicted molar refractivity (Wildman–Crippen MR) is 139 cm³/mol. The molecular weight excluding hydrogens is 493 g/mol. The third-order valence-electron chi connectivity index (χ3n) is 8.95. The van der Waals surface area contributed by atoms with Crippen molar-refractivity contribution in [2.75, 3.05) is 0 Å². The molecule has 8 heteroatoms. The van der Waals surface area contributed by atoms with Crippen LogP contribution < -0.4 is 5.32 Å². The molecule has 2 aromatic rings. The lowest BCUT2D eigenvalue weighted by Gasteiger charge is -2.32. The number of benzene rings is 1. The van der Waals surface area contributed by atoms with Gasteiger partial charge in [0.15, 0.2) is 0 Å². The molecule has 3 saturated carbocycles. The van der Waals surface area contributed by atoms with Crippen molar-refractivity contribution < 1.29 is 27.9 Å². The molecule has 3 aliphatic rings. The molecule has 1 heterocycles. The van der Waals surface area contributed by atoms with E-state index in [0.29, 0.717) is 54.1 Å². The molecule has 1 aromatic carbocycles. The van der Waals surface area contributed by atoms with Crippen LogP contribution in [0.4, 0.5) is 13.2 Å². The van der Waals surface area contributed by atoms with Crippen LogP contribution in [0.2, 0.25) is 0 Å². The molecule has 0 bridgehead atoms. The van der Waals surface area contributed by atoms with E-state index in [2.05, 4.69) is 12.2 Å². The Labute approximate surface area is 221 Å². The van der Waals surface area contributed by atoms with Gasteiger partial charge in [0.25, 0.3) is 5.91 Å². The van der Waals surface area contributed by atoms with Gasteiger partial charge in [-0.3, -0.25) is 9.59 Å². The Morgan fingerprint density at radius 3 is 2.37 bits per heavy atom. The lowest BCUT2D eigenvalue weighted by atomic mass is 9.80. The van der Waals surface area contributed by atoms with Gasteiger partial charge in [-0.2, -0.15) is 13.2 Å². The summed E-state index contributed by atoms with van der Waals surface area (Å²) in [6.45, 7) is 4.64. The second-order valence-electron chi connectivity index (χ2n) is 12.2. The van der Waals surface area contributed by atoms with Gasteiger partial charge >= 0.3 is 12.1 Å². The van der Waals surface area contributed by atoms with Gasteiger partial charge in [0, 0.05) is 24.0 Å². The van der Waals surface area contributed by atoms with E-state index in [-0.39, 0.29) is 17.4 Å². The SMILES string of the molecule is Cc1c(C(=O)NC2CC(C(=O)O)C2)cc(-c2cc(CC3(C)CC3)cc(C(F)(F)F)c2)n1CC1CCCCC1. The van der Waals surface area contributed by atoms with Gasteiger partial charge in [-0.25, -0.2) is 0 Å². The number of carboxylic acid groups (broad SMARTS) is 1. The maximum Gasteiger partial charge on any atom is 0.416 e. The van der Waals surface area contributed by atoms with E-state index in [1.165, 1.54) is 18.6 Å². The van der Waals surface area contributed by atoms with Crippen LogP contribution in [0.5, 0.6) is 0 Å². The van der Waals surface area contributed by atoms with Gasteiger partial charge < -0.3 is 15.0 Å². The first-order chi connectivity index (χ1) is 17.9. The van der Waals surface area contributed by atoms with Crippen LogP contribution in [-0.4, -0.2) is 27.6 Å². The summed E-state index contributed by atoms with van der Waals surface area (Å²) in [5.41, 5.74) is 2.40. The average Bonchev–Trinajstić information content (AvgIpc) is 3.46. The minimum atomic E-state index is -4.46. The van der Waals surface area contributed by atoms with Crippen LogP contribution in [0, 0.1) is 24.2 Å². The first-order valence-electron chi connectivity index (χ1n) is 13.9. The van der Waals surface area contributed by atoms with Gasteiger partial charge in [-0.15, -0.1) is 0 Å². The molecule has 0 atom stereocenters. The molecule has 0 spiro atoms. The number of nitrogens with zero attached hydrogens (tertiary/aromatic N) is 1. The van der Waals surface area contributed by atoms with Crippen molar-refractivity contribution in [3.63, 3.8) is 0 Å². The van der Waals surface area contributed by atoms with Gasteiger partial charge in [0.05, 0.1) is 17.0 Å². The summed E-state index contributed by atoms with van der Waals surface area (Å²) in [7, 11) is 0. The molecule has 1 aromatic heterocycles. The Hall–Kier alpha value is -2.77. The van der Waals surface area contributed by atoms with Crippen LogP contribution >= 0.6 is 0 Å². The van der Waals surface area contributed by atoms with Crippen LogP contribution in [0.15, 0.2) is 24.3 Å². The van der Waals surface area contributed by atoms with E-state index in [9.17, 15) is 22.8 Å². The molecule has 206 valence electrons. The van der Waals surface area contributed by atoms with Crippen molar-refractivity contribution in [3.8, 4) is 11.3 Å².